The molecule has 2 rings (SSSR count). The number of ether oxygens (including phenoxy) is 1. The van der Waals surface area contributed by atoms with Crippen molar-refractivity contribution in [3.8, 4) is 0 Å². The third kappa shape index (κ3) is 2.29. The molecule has 3 unspecified atom stereocenters. The Hall–Kier alpha value is -0.0800. The van der Waals surface area contributed by atoms with Crippen molar-refractivity contribution in [2.75, 3.05) is 0 Å². The summed E-state index contributed by atoms with van der Waals surface area (Å²) >= 11 is 0. The average molecular weight is 197 g/mol. The van der Waals surface area contributed by atoms with Crippen molar-refractivity contribution < 1.29 is 4.74 Å². The third-order valence-corrected chi connectivity index (χ3v) is 3.85. The Kier molecular flexibility index (Phi) is 3.45. The van der Waals surface area contributed by atoms with E-state index in [9.17, 15) is 0 Å². The molecule has 2 fully saturated rings. The van der Waals surface area contributed by atoms with Gasteiger partial charge in [0.15, 0.2) is 0 Å². The highest BCUT2D eigenvalue weighted by Gasteiger charge is 2.33. The van der Waals surface area contributed by atoms with Gasteiger partial charge in [-0.1, -0.05) is 19.3 Å². The Morgan fingerprint density at radius 3 is 2.36 bits per heavy atom. The molecule has 82 valence electrons. The molecule has 2 N–H and O–H groups in total. The normalized spacial score (nSPS) is 37.3. The van der Waals surface area contributed by atoms with E-state index in [0.29, 0.717) is 12.2 Å². The summed E-state index contributed by atoms with van der Waals surface area (Å²) in [6, 6.07) is 0.212. The van der Waals surface area contributed by atoms with Crippen molar-refractivity contribution in [2.45, 2.75) is 70.1 Å². The van der Waals surface area contributed by atoms with E-state index < -0.39 is 0 Å². The minimum atomic E-state index is 0.212. The average Bonchev–Trinajstić information content (AvgIpc) is 2.68. The highest BCUT2D eigenvalue weighted by Crippen LogP contribution is 2.35. The van der Waals surface area contributed by atoms with Crippen molar-refractivity contribution in [1.29, 1.82) is 0 Å². The van der Waals surface area contributed by atoms with Crippen LogP contribution in [0.15, 0.2) is 0 Å². The lowest BCUT2D eigenvalue weighted by Crippen LogP contribution is -2.33. The molecule has 1 aliphatic heterocycles. The van der Waals surface area contributed by atoms with Gasteiger partial charge >= 0.3 is 0 Å². The highest BCUT2D eigenvalue weighted by atomic mass is 16.5. The molecule has 1 saturated carbocycles. The Morgan fingerprint density at radius 2 is 1.79 bits per heavy atom. The van der Waals surface area contributed by atoms with Crippen LogP contribution in [0.3, 0.4) is 0 Å². The van der Waals surface area contributed by atoms with Crippen molar-refractivity contribution >= 4 is 0 Å². The molecular weight excluding hydrogens is 174 g/mol. The van der Waals surface area contributed by atoms with Gasteiger partial charge in [0, 0.05) is 6.04 Å². The molecule has 3 atom stereocenters. The summed E-state index contributed by atoms with van der Waals surface area (Å²) in [5.74, 6) is 0.840. The van der Waals surface area contributed by atoms with Gasteiger partial charge in [-0.05, 0) is 38.5 Å². The fourth-order valence-corrected chi connectivity index (χ4v) is 2.93. The third-order valence-electron chi connectivity index (χ3n) is 3.85. The van der Waals surface area contributed by atoms with Gasteiger partial charge in [-0.25, -0.2) is 0 Å². The summed E-state index contributed by atoms with van der Waals surface area (Å²) in [7, 11) is 0. The van der Waals surface area contributed by atoms with Gasteiger partial charge in [0.1, 0.15) is 0 Å². The smallest absolute Gasteiger partial charge is 0.0728 e. The first-order valence-electron chi connectivity index (χ1n) is 6.18. The van der Waals surface area contributed by atoms with E-state index in [2.05, 4.69) is 6.92 Å². The Balaban J connectivity index is 1.82. The van der Waals surface area contributed by atoms with Crippen molar-refractivity contribution in [3.05, 3.63) is 0 Å². The minimum Gasteiger partial charge on any atom is -0.373 e. The second kappa shape index (κ2) is 4.63. The molecule has 0 aromatic carbocycles. The van der Waals surface area contributed by atoms with Crippen LogP contribution in [0, 0.1) is 5.92 Å². The Bertz CT molecular complexity index is 175. The van der Waals surface area contributed by atoms with Gasteiger partial charge in [-0.3, -0.25) is 0 Å². The molecule has 0 amide bonds. The van der Waals surface area contributed by atoms with Crippen LogP contribution in [0.1, 0.15) is 51.9 Å². The number of rotatable bonds is 2. The molecule has 0 aromatic rings. The maximum Gasteiger partial charge on any atom is 0.0728 e. The summed E-state index contributed by atoms with van der Waals surface area (Å²) in [5, 5.41) is 0. The van der Waals surface area contributed by atoms with Gasteiger partial charge in [0.25, 0.3) is 0 Å². The maximum atomic E-state index is 6.04. The molecule has 0 bridgehead atoms. The zero-order chi connectivity index (χ0) is 9.97. The van der Waals surface area contributed by atoms with E-state index in [0.717, 1.165) is 5.92 Å². The summed E-state index contributed by atoms with van der Waals surface area (Å²) in [6.45, 7) is 2.06. The minimum absolute atomic E-state index is 0.212. The van der Waals surface area contributed by atoms with Gasteiger partial charge < -0.3 is 10.5 Å². The molecule has 14 heavy (non-hydrogen) atoms. The SMILES string of the molecule is CC(N)C1CCC(C2CCCCC2)O1. The fourth-order valence-electron chi connectivity index (χ4n) is 2.93. The van der Waals surface area contributed by atoms with Gasteiger partial charge in [0.05, 0.1) is 12.2 Å². The summed E-state index contributed by atoms with van der Waals surface area (Å²) in [4.78, 5) is 0. The lowest BCUT2D eigenvalue weighted by molar-refractivity contribution is -0.00732. The first-order chi connectivity index (χ1) is 6.77. The quantitative estimate of drug-likeness (QED) is 0.738. The molecule has 0 radical (unpaired) electrons. The van der Waals surface area contributed by atoms with Crippen molar-refractivity contribution in [3.63, 3.8) is 0 Å². The van der Waals surface area contributed by atoms with Crippen molar-refractivity contribution in [1.82, 2.24) is 0 Å². The van der Waals surface area contributed by atoms with Gasteiger partial charge in [-0.15, -0.1) is 0 Å². The first kappa shape index (κ1) is 10.4. The summed E-state index contributed by atoms with van der Waals surface area (Å²) in [5.41, 5.74) is 5.86. The molecule has 2 aliphatic rings. The maximum absolute atomic E-state index is 6.04. The molecule has 1 saturated heterocycles. The van der Waals surface area contributed by atoms with Crippen LogP contribution in [-0.4, -0.2) is 18.2 Å². The van der Waals surface area contributed by atoms with E-state index in [1.165, 1.54) is 44.9 Å². The predicted octanol–water partition coefficient (Wildman–Crippen LogP) is 2.46. The number of hydrogen-bond acceptors (Lipinski definition) is 2. The Morgan fingerprint density at radius 1 is 1.07 bits per heavy atom. The van der Waals surface area contributed by atoms with Crippen LogP contribution in [-0.2, 0) is 4.74 Å². The molecular formula is C12H23NO. The highest BCUT2D eigenvalue weighted by molar-refractivity contribution is 4.84. The van der Waals surface area contributed by atoms with E-state index in [4.69, 9.17) is 10.5 Å². The fraction of sp³-hybridized carbons (Fsp3) is 1.00. The molecule has 1 aliphatic carbocycles. The zero-order valence-electron chi connectivity index (χ0n) is 9.24. The van der Waals surface area contributed by atoms with Crippen LogP contribution in [0.2, 0.25) is 0 Å². The lowest BCUT2D eigenvalue weighted by Gasteiger charge is -2.27. The van der Waals surface area contributed by atoms with E-state index in [1.54, 1.807) is 0 Å². The number of nitrogens with two attached hydrogens (primary N) is 1. The monoisotopic (exact) mass is 197 g/mol. The lowest BCUT2D eigenvalue weighted by atomic mass is 9.84. The van der Waals surface area contributed by atoms with Gasteiger partial charge in [0.2, 0.25) is 0 Å². The van der Waals surface area contributed by atoms with E-state index in [-0.39, 0.29) is 6.04 Å². The molecule has 2 nitrogen and oxygen atoms in total. The van der Waals surface area contributed by atoms with Crippen molar-refractivity contribution in [2.24, 2.45) is 11.7 Å². The standard InChI is InChI=1S/C12H23NO/c1-9(13)11-7-8-12(14-11)10-5-3-2-4-6-10/h9-12H,2-8,13H2,1H3. The van der Waals surface area contributed by atoms with Crippen LogP contribution in [0.25, 0.3) is 0 Å². The predicted molar refractivity (Wildman–Crippen MR) is 58.1 cm³/mol. The topological polar surface area (TPSA) is 35.2 Å². The second-order valence-electron chi connectivity index (χ2n) is 5.05. The molecule has 0 aromatic heterocycles. The van der Waals surface area contributed by atoms with Crippen LogP contribution < -0.4 is 5.73 Å². The largest absolute Gasteiger partial charge is 0.373 e. The van der Waals surface area contributed by atoms with Gasteiger partial charge in [-0.2, -0.15) is 0 Å². The summed E-state index contributed by atoms with van der Waals surface area (Å²) < 4.78 is 6.04. The zero-order valence-corrected chi connectivity index (χ0v) is 9.24. The first-order valence-corrected chi connectivity index (χ1v) is 6.18. The van der Waals surface area contributed by atoms with Crippen LogP contribution in [0.4, 0.5) is 0 Å². The van der Waals surface area contributed by atoms with Crippen LogP contribution in [0.5, 0.6) is 0 Å². The van der Waals surface area contributed by atoms with Crippen LogP contribution >= 0.6 is 0 Å². The summed E-state index contributed by atoms with van der Waals surface area (Å²) in [6.07, 6.45) is 10.3. The molecule has 2 heteroatoms. The molecule has 1 heterocycles. The Labute approximate surface area is 87.2 Å². The molecule has 0 spiro atoms. The second-order valence-corrected chi connectivity index (χ2v) is 5.05. The number of hydrogen-bond donors (Lipinski definition) is 1. The van der Waals surface area contributed by atoms with E-state index in [1.807, 2.05) is 0 Å². The van der Waals surface area contributed by atoms with E-state index >= 15 is 0 Å².